The lowest BCUT2D eigenvalue weighted by Gasteiger charge is -2.07. The lowest BCUT2D eigenvalue weighted by Crippen LogP contribution is -2.37. The van der Waals surface area contributed by atoms with E-state index in [-0.39, 0.29) is 35.5 Å². The zero-order chi connectivity index (χ0) is 26.5. The van der Waals surface area contributed by atoms with Gasteiger partial charge >= 0.3 is 0 Å². The zero-order valence-electron chi connectivity index (χ0n) is 19.6. The SMILES string of the molecule is C=CNc1cc(Cl)ccc1/C=c1\c(C)nc2c(C#N)c(C(F)F)nn2c1=NCCNC(=O)C1=CCNO1. The summed E-state index contributed by atoms with van der Waals surface area (Å²) in [4.78, 5) is 26.1. The van der Waals surface area contributed by atoms with Crippen LogP contribution in [0.3, 0.4) is 0 Å². The van der Waals surface area contributed by atoms with Crippen molar-refractivity contribution in [3.8, 4) is 6.07 Å². The molecule has 0 fully saturated rings. The molecule has 0 atom stereocenters. The molecule has 4 rings (SSSR count). The number of hydrogen-bond donors (Lipinski definition) is 3. The first-order valence-electron chi connectivity index (χ1n) is 11.0. The van der Waals surface area contributed by atoms with E-state index in [0.29, 0.717) is 33.7 Å². The molecule has 0 spiro atoms. The fourth-order valence-electron chi connectivity index (χ4n) is 3.65. The van der Waals surface area contributed by atoms with Crippen LogP contribution < -0.4 is 26.8 Å². The van der Waals surface area contributed by atoms with E-state index >= 15 is 0 Å². The molecule has 3 heterocycles. The van der Waals surface area contributed by atoms with Gasteiger partial charge in [0.2, 0.25) is 5.76 Å². The summed E-state index contributed by atoms with van der Waals surface area (Å²) in [5.74, 6) is -0.274. The van der Waals surface area contributed by atoms with Gasteiger partial charge in [-0.15, -0.1) is 0 Å². The molecule has 1 amide bonds. The van der Waals surface area contributed by atoms with Crippen LogP contribution in [0.25, 0.3) is 11.7 Å². The summed E-state index contributed by atoms with van der Waals surface area (Å²) in [5, 5.41) is 20.1. The topological polar surface area (TPSA) is 129 Å². The average Bonchev–Trinajstić information content (AvgIpc) is 3.53. The Hall–Kier alpha value is -4.34. The molecule has 190 valence electrons. The monoisotopic (exact) mass is 526 g/mol. The number of benzene rings is 1. The highest BCUT2D eigenvalue weighted by molar-refractivity contribution is 6.30. The molecule has 1 aliphatic heterocycles. The highest BCUT2D eigenvalue weighted by Crippen LogP contribution is 2.23. The van der Waals surface area contributed by atoms with Crippen molar-refractivity contribution in [2.75, 3.05) is 25.0 Å². The summed E-state index contributed by atoms with van der Waals surface area (Å²) in [6, 6.07) is 6.93. The Morgan fingerprint density at radius 1 is 1.49 bits per heavy atom. The van der Waals surface area contributed by atoms with Gasteiger partial charge in [-0.3, -0.25) is 9.79 Å². The molecule has 0 unspecified atom stereocenters. The van der Waals surface area contributed by atoms with Crippen molar-refractivity contribution < 1.29 is 18.4 Å². The van der Waals surface area contributed by atoms with Crippen molar-refractivity contribution in [1.29, 1.82) is 5.26 Å². The Morgan fingerprint density at radius 3 is 2.97 bits per heavy atom. The molecule has 1 aromatic carbocycles. The Bertz CT molecular complexity index is 1580. The van der Waals surface area contributed by atoms with Crippen LogP contribution in [-0.4, -0.2) is 40.1 Å². The molecule has 13 heteroatoms. The fourth-order valence-corrected chi connectivity index (χ4v) is 3.82. The quantitative estimate of drug-likeness (QED) is 0.383. The van der Waals surface area contributed by atoms with E-state index in [4.69, 9.17) is 16.4 Å². The van der Waals surface area contributed by atoms with E-state index in [9.17, 15) is 18.8 Å². The molecular formula is C24H21ClF2N8O2. The molecule has 3 aromatic rings. The molecule has 3 N–H and O–H groups in total. The molecule has 2 aromatic heterocycles. The van der Waals surface area contributed by atoms with Crippen LogP contribution in [0.4, 0.5) is 14.5 Å². The third-order valence-corrected chi connectivity index (χ3v) is 5.56. The van der Waals surface area contributed by atoms with Crippen LogP contribution in [-0.2, 0) is 9.63 Å². The molecule has 0 saturated carbocycles. The Labute approximate surface area is 214 Å². The summed E-state index contributed by atoms with van der Waals surface area (Å²) in [5.41, 5.74) is 3.47. The van der Waals surface area contributed by atoms with Gasteiger partial charge < -0.3 is 15.5 Å². The number of hydroxylamine groups is 1. The van der Waals surface area contributed by atoms with E-state index in [1.165, 1.54) is 6.20 Å². The number of nitrogens with one attached hydrogen (secondary N) is 3. The number of carbonyl (C=O) groups is 1. The molecule has 10 nitrogen and oxygen atoms in total. The highest BCUT2D eigenvalue weighted by atomic mass is 35.5. The van der Waals surface area contributed by atoms with Crippen LogP contribution in [0.5, 0.6) is 0 Å². The van der Waals surface area contributed by atoms with E-state index < -0.39 is 18.0 Å². The number of nitrogens with zero attached hydrogens (tertiary/aromatic N) is 5. The number of anilines is 1. The van der Waals surface area contributed by atoms with Crippen LogP contribution in [0.15, 0.2) is 47.8 Å². The van der Waals surface area contributed by atoms with Crippen molar-refractivity contribution in [3.05, 3.63) is 81.1 Å². The minimum Gasteiger partial charge on any atom is -0.403 e. The summed E-state index contributed by atoms with van der Waals surface area (Å²) < 4.78 is 28.4. The lowest BCUT2D eigenvalue weighted by molar-refractivity contribution is -0.121. The second kappa shape index (κ2) is 11.2. The number of alkyl halides is 2. The van der Waals surface area contributed by atoms with Crippen molar-refractivity contribution in [3.63, 3.8) is 0 Å². The minimum atomic E-state index is -2.98. The predicted molar refractivity (Wildman–Crippen MR) is 132 cm³/mol. The second-order valence-corrected chi connectivity index (χ2v) is 8.16. The second-order valence-electron chi connectivity index (χ2n) is 7.72. The maximum atomic E-state index is 13.7. The van der Waals surface area contributed by atoms with Gasteiger partial charge in [-0.1, -0.05) is 24.2 Å². The number of aryl methyl sites for hydroxylation is 1. The van der Waals surface area contributed by atoms with E-state index in [2.05, 4.69) is 37.8 Å². The zero-order valence-corrected chi connectivity index (χ0v) is 20.3. The molecular weight excluding hydrogens is 506 g/mol. The maximum Gasteiger partial charge on any atom is 0.288 e. The molecule has 1 aliphatic rings. The van der Waals surface area contributed by atoms with Crippen molar-refractivity contribution in [2.45, 2.75) is 13.3 Å². The van der Waals surface area contributed by atoms with Gasteiger partial charge in [-0.05, 0) is 43.0 Å². The van der Waals surface area contributed by atoms with Crippen LogP contribution in [0.2, 0.25) is 5.02 Å². The number of carbonyl (C=O) groups excluding carboxylic acids is 1. The Kier molecular flexibility index (Phi) is 7.76. The maximum absolute atomic E-state index is 13.7. The molecule has 37 heavy (non-hydrogen) atoms. The number of rotatable bonds is 8. The van der Waals surface area contributed by atoms with Crippen LogP contribution in [0.1, 0.15) is 28.9 Å². The highest BCUT2D eigenvalue weighted by Gasteiger charge is 2.23. The van der Waals surface area contributed by atoms with Gasteiger partial charge in [-0.25, -0.2) is 13.8 Å². The first-order valence-corrected chi connectivity index (χ1v) is 11.4. The number of halogens is 3. The van der Waals surface area contributed by atoms with Gasteiger partial charge in [0.05, 0.1) is 18.8 Å². The molecule has 0 aliphatic carbocycles. The molecule has 0 bridgehead atoms. The largest absolute Gasteiger partial charge is 0.403 e. The summed E-state index contributed by atoms with van der Waals surface area (Å²) in [7, 11) is 0. The average molecular weight is 527 g/mol. The number of hydrogen-bond acceptors (Lipinski definition) is 8. The standard InChI is InChI=1S/C24H21ClF2N8O2/c1-3-29-18-11-15(25)5-4-14(18)10-16-13(2)33-23-17(12-28)20(21(26)27)34-35(23)22(16)30-8-9-31-24(36)19-6-7-32-37-19/h3-6,10-11,21,29,32H,1,7-9H2,2H3,(H,31,36)/b16-10+,30-22?. The number of amides is 1. The minimum absolute atomic E-state index is 0.0358. The third kappa shape index (κ3) is 5.42. The van der Waals surface area contributed by atoms with E-state index in [0.717, 1.165) is 4.52 Å². The van der Waals surface area contributed by atoms with Crippen LogP contribution >= 0.6 is 11.6 Å². The number of nitriles is 1. The first kappa shape index (κ1) is 25.7. The van der Waals surface area contributed by atoms with Crippen molar-refractivity contribution in [2.24, 2.45) is 4.99 Å². The molecule has 0 radical (unpaired) electrons. The summed E-state index contributed by atoms with van der Waals surface area (Å²) >= 11 is 6.13. The fraction of sp³-hybridized carbons (Fsp3) is 0.208. The third-order valence-electron chi connectivity index (χ3n) is 5.32. The number of fused-ring (bicyclic) bond motifs is 1. The van der Waals surface area contributed by atoms with Gasteiger partial charge in [0.25, 0.3) is 12.3 Å². The number of aromatic nitrogens is 3. The first-order chi connectivity index (χ1) is 17.8. The predicted octanol–water partition coefficient (Wildman–Crippen LogP) is 2.04. The van der Waals surface area contributed by atoms with Gasteiger partial charge in [0.1, 0.15) is 17.3 Å². The Morgan fingerprint density at radius 2 is 2.30 bits per heavy atom. The smallest absolute Gasteiger partial charge is 0.288 e. The summed E-state index contributed by atoms with van der Waals surface area (Å²) in [6.45, 7) is 5.97. The normalized spacial score (nSPS) is 14.0. The van der Waals surface area contributed by atoms with E-state index in [1.54, 1.807) is 43.3 Å². The van der Waals surface area contributed by atoms with Crippen LogP contribution in [0, 0.1) is 18.3 Å². The van der Waals surface area contributed by atoms with Gasteiger partial charge in [0.15, 0.2) is 11.1 Å². The lowest BCUT2D eigenvalue weighted by atomic mass is 10.1. The van der Waals surface area contributed by atoms with Crippen molar-refractivity contribution in [1.82, 2.24) is 25.4 Å². The Balaban J connectivity index is 1.87. The summed E-state index contributed by atoms with van der Waals surface area (Å²) in [6.07, 6.45) is 1.85. The van der Waals surface area contributed by atoms with E-state index in [1.807, 2.05) is 0 Å². The van der Waals surface area contributed by atoms with Gasteiger partial charge in [-0.2, -0.15) is 20.4 Å². The van der Waals surface area contributed by atoms with Gasteiger partial charge in [0, 0.05) is 22.5 Å². The molecule has 0 saturated heterocycles. The van der Waals surface area contributed by atoms with Crippen molar-refractivity contribution >= 4 is 34.9 Å².